The van der Waals surface area contributed by atoms with Crippen LogP contribution in [-0.2, 0) is 15.0 Å². The standard InChI is InChI=1S/C18H23NO4/c1-11(2)9-14(17(21)22)19-16(20)13-10-18(13)7-8-23-15-6-4-3-5-12(15)18/h3-6,11,13-14H,7-10H2,1-2H3,(H,19,20)(H,21,22)/t13?,14-,18?/m0/s1. The maximum Gasteiger partial charge on any atom is 0.326 e. The molecule has 5 nitrogen and oxygen atoms in total. The van der Waals surface area contributed by atoms with Crippen molar-refractivity contribution in [2.24, 2.45) is 11.8 Å². The van der Waals surface area contributed by atoms with E-state index in [0.29, 0.717) is 13.0 Å². The molecule has 23 heavy (non-hydrogen) atoms. The second-order valence-electron chi connectivity index (χ2n) is 7.04. The molecule has 1 amide bonds. The number of benzene rings is 1. The number of para-hydroxylation sites is 1. The van der Waals surface area contributed by atoms with Gasteiger partial charge in [0.2, 0.25) is 5.91 Å². The molecule has 1 spiro atoms. The first-order valence-electron chi connectivity index (χ1n) is 8.19. The van der Waals surface area contributed by atoms with Gasteiger partial charge in [-0.25, -0.2) is 4.79 Å². The van der Waals surface area contributed by atoms with E-state index >= 15 is 0 Å². The van der Waals surface area contributed by atoms with Gasteiger partial charge in [0.1, 0.15) is 11.8 Å². The molecule has 1 heterocycles. The molecule has 1 aromatic rings. The lowest BCUT2D eigenvalue weighted by molar-refractivity contribution is -0.142. The van der Waals surface area contributed by atoms with Crippen molar-refractivity contribution >= 4 is 11.9 Å². The number of aliphatic carboxylic acids is 1. The highest BCUT2D eigenvalue weighted by Crippen LogP contribution is 2.60. The molecule has 1 fully saturated rings. The van der Waals surface area contributed by atoms with Gasteiger partial charge in [-0.2, -0.15) is 0 Å². The lowest BCUT2D eigenvalue weighted by Gasteiger charge is -2.27. The molecule has 3 atom stereocenters. The van der Waals surface area contributed by atoms with Gasteiger partial charge in [-0.15, -0.1) is 0 Å². The van der Waals surface area contributed by atoms with Crippen LogP contribution in [0.4, 0.5) is 0 Å². The summed E-state index contributed by atoms with van der Waals surface area (Å²) >= 11 is 0. The maximum absolute atomic E-state index is 12.6. The van der Waals surface area contributed by atoms with E-state index < -0.39 is 12.0 Å². The van der Waals surface area contributed by atoms with Crippen LogP contribution in [0.2, 0.25) is 0 Å². The maximum atomic E-state index is 12.6. The van der Waals surface area contributed by atoms with Gasteiger partial charge in [-0.05, 0) is 31.2 Å². The average Bonchev–Trinajstić information content (AvgIpc) is 3.21. The molecule has 2 aliphatic rings. The Morgan fingerprint density at radius 2 is 2.13 bits per heavy atom. The second kappa shape index (κ2) is 5.87. The fraction of sp³-hybridized carbons (Fsp3) is 0.556. The van der Waals surface area contributed by atoms with E-state index in [2.05, 4.69) is 5.32 Å². The van der Waals surface area contributed by atoms with Gasteiger partial charge >= 0.3 is 5.97 Å². The molecule has 0 bridgehead atoms. The number of rotatable bonds is 5. The van der Waals surface area contributed by atoms with Crippen molar-refractivity contribution in [1.29, 1.82) is 0 Å². The van der Waals surface area contributed by atoms with E-state index in [1.807, 2.05) is 38.1 Å². The van der Waals surface area contributed by atoms with Crippen LogP contribution in [0, 0.1) is 11.8 Å². The third-order valence-corrected chi connectivity index (χ3v) is 4.94. The van der Waals surface area contributed by atoms with Gasteiger partial charge in [-0.3, -0.25) is 4.79 Å². The molecule has 2 unspecified atom stereocenters. The van der Waals surface area contributed by atoms with Gasteiger partial charge in [0.05, 0.1) is 6.61 Å². The molecular formula is C18H23NO4. The molecule has 1 aromatic carbocycles. The monoisotopic (exact) mass is 317 g/mol. The largest absolute Gasteiger partial charge is 0.493 e. The fourth-order valence-electron chi connectivity index (χ4n) is 3.67. The van der Waals surface area contributed by atoms with E-state index in [9.17, 15) is 14.7 Å². The van der Waals surface area contributed by atoms with Gasteiger partial charge in [0, 0.05) is 16.9 Å². The summed E-state index contributed by atoms with van der Waals surface area (Å²) in [6.07, 6.45) is 2.03. The molecule has 5 heteroatoms. The number of fused-ring (bicyclic) bond motifs is 2. The van der Waals surface area contributed by atoms with Gasteiger partial charge in [0.25, 0.3) is 0 Å². The van der Waals surface area contributed by atoms with Crippen LogP contribution in [0.15, 0.2) is 24.3 Å². The highest BCUT2D eigenvalue weighted by molar-refractivity contribution is 5.88. The molecule has 3 rings (SSSR count). The van der Waals surface area contributed by atoms with Crippen LogP contribution in [0.5, 0.6) is 5.75 Å². The van der Waals surface area contributed by atoms with Gasteiger partial charge < -0.3 is 15.2 Å². The van der Waals surface area contributed by atoms with Crippen molar-refractivity contribution < 1.29 is 19.4 Å². The van der Waals surface area contributed by atoms with Crippen LogP contribution in [-0.4, -0.2) is 29.6 Å². The van der Waals surface area contributed by atoms with Crippen LogP contribution >= 0.6 is 0 Å². The normalized spacial score (nSPS) is 26.3. The zero-order valence-corrected chi connectivity index (χ0v) is 13.5. The Hall–Kier alpha value is -2.04. The Labute approximate surface area is 136 Å². The zero-order chi connectivity index (χ0) is 16.6. The van der Waals surface area contributed by atoms with Crippen molar-refractivity contribution in [1.82, 2.24) is 5.32 Å². The molecular weight excluding hydrogens is 294 g/mol. The summed E-state index contributed by atoms with van der Waals surface area (Å²) in [5.74, 6) is -0.190. The number of carboxylic acids is 1. The predicted octanol–water partition coefficient (Wildman–Crippen LogP) is 2.34. The van der Waals surface area contributed by atoms with Crippen LogP contribution in [0.25, 0.3) is 0 Å². The summed E-state index contributed by atoms with van der Waals surface area (Å²) in [5.41, 5.74) is 0.918. The minimum Gasteiger partial charge on any atom is -0.493 e. The Bertz CT molecular complexity index is 627. The SMILES string of the molecule is CC(C)C[C@H](NC(=O)C1CC12CCOc1ccccc12)C(=O)O. The van der Waals surface area contributed by atoms with Gasteiger partial charge in [0.15, 0.2) is 0 Å². The highest BCUT2D eigenvalue weighted by atomic mass is 16.5. The molecule has 1 aliphatic heterocycles. The summed E-state index contributed by atoms with van der Waals surface area (Å²) in [7, 11) is 0. The van der Waals surface area contributed by atoms with Gasteiger partial charge in [-0.1, -0.05) is 32.0 Å². The first-order chi connectivity index (χ1) is 10.9. The van der Waals surface area contributed by atoms with Crippen LogP contribution < -0.4 is 10.1 Å². The van der Waals surface area contributed by atoms with Crippen LogP contribution in [0.1, 0.15) is 38.7 Å². The summed E-state index contributed by atoms with van der Waals surface area (Å²) < 4.78 is 5.67. The highest BCUT2D eigenvalue weighted by Gasteiger charge is 2.61. The molecule has 1 saturated carbocycles. The molecule has 0 radical (unpaired) electrons. The Morgan fingerprint density at radius 3 is 2.83 bits per heavy atom. The zero-order valence-electron chi connectivity index (χ0n) is 13.5. The molecule has 124 valence electrons. The number of carbonyl (C=O) groups excluding carboxylic acids is 1. The smallest absolute Gasteiger partial charge is 0.326 e. The number of nitrogens with one attached hydrogen (secondary N) is 1. The minimum absolute atomic E-state index is 0.144. The predicted molar refractivity (Wildman–Crippen MR) is 85.4 cm³/mol. The summed E-state index contributed by atoms with van der Waals surface area (Å²) in [6.45, 7) is 4.51. The number of amides is 1. The number of carbonyl (C=O) groups is 2. The van der Waals surface area contributed by atoms with E-state index in [4.69, 9.17) is 4.74 Å². The van der Waals surface area contributed by atoms with E-state index in [0.717, 1.165) is 24.2 Å². The lowest BCUT2D eigenvalue weighted by Crippen LogP contribution is -2.43. The minimum atomic E-state index is -0.964. The third kappa shape index (κ3) is 2.92. The van der Waals surface area contributed by atoms with Crippen molar-refractivity contribution in [3.63, 3.8) is 0 Å². The second-order valence-corrected chi connectivity index (χ2v) is 7.04. The first-order valence-corrected chi connectivity index (χ1v) is 8.19. The van der Waals surface area contributed by atoms with Crippen molar-refractivity contribution in [3.05, 3.63) is 29.8 Å². The van der Waals surface area contributed by atoms with E-state index in [1.54, 1.807) is 0 Å². The number of ether oxygens (including phenoxy) is 1. The van der Waals surface area contributed by atoms with Crippen molar-refractivity contribution in [2.45, 2.75) is 44.6 Å². The molecule has 0 saturated heterocycles. The van der Waals surface area contributed by atoms with E-state index in [-0.39, 0.29) is 23.2 Å². The lowest BCUT2D eigenvalue weighted by atomic mass is 9.87. The third-order valence-electron chi connectivity index (χ3n) is 4.94. The topological polar surface area (TPSA) is 75.6 Å². The number of carboxylic acid groups (broad SMARTS) is 1. The summed E-state index contributed by atoms with van der Waals surface area (Å²) in [6, 6.07) is 7.03. The Morgan fingerprint density at radius 1 is 1.39 bits per heavy atom. The quantitative estimate of drug-likeness (QED) is 0.874. The average molecular weight is 317 g/mol. The molecule has 1 aliphatic carbocycles. The summed E-state index contributed by atoms with van der Waals surface area (Å²) in [4.78, 5) is 23.9. The Balaban J connectivity index is 1.73. The molecule has 2 N–H and O–H groups in total. The first kappa shape index (κ1) is 15.8. The fourth-order valence-corrected chi connectivity index (χ4v) is 3.67. The Kier molecular flexibility index (Phi) is 4.04. The number of hydrogen-bond acceptors (Lipinski definition) is 3. The van der Waals surface area contributed by atoms with E-state index in [1.165, 1.54) is 0 Å². The van der Waals surface area contributed by atoms with Crippen molar-refractivity contribution in [3.8, 4) is 5.75 Å². The van der Waals surface area contributed by atoms with Crippen molar-refractivity contribution in [2.75, 3.05) is 6.61 Å². The van der Waals surface area contributed by atoms with Crippen LogP contribution in [0.3, 0.4) is 0 Å². The molecule has 0 aromatic heterocycles. The summed E-state index contributed by atoms with van der Waals surface area (Å²) in [5, 5.41) is 12.0. The number of hydrogen-bond donors (Lipinski definition) is 2.